The number of hydrogen-bond acceptors (Lipinski definition) is 5. The van der Waals surface area contributed by atoms with Crippen LogP contribution in [0.5, 0.6) is 23.0 Å². The third-order valence-electron chi connectivity index (χ3n) is 6.92. The maximum absolute atomic E-state index is 13.1. The molecule has 5 aromatic carbocycles. The molecule has 6 heteroatoms. The molecule has 0 radical (unpaired) electrons. The van der Waals surface area contributed by atoms with Crippen molar-refractivity contribution in [3.63, 3.8) is 0 Å². The van der Waals surface area contributed by atoms with Crippen LogP contribution in [0.1, 0.15) is 63.8 Å². The molecule has 5 aromatic rings. The molecule has 5 nitrogen and oxygen atoms in total. The van der Waals surface area contributed by atoms with Crippen molar-refractivity contribution in [1.82, 2.24) is 0 Å². The van der Waals surface area contributed by atoms with Gasteiger partial charge in [-0.25, -0.2) is 0 Å². The zero-order valence-corrected chi connectivity index (χ0v) is 27.8. The molecule has 0 amide bonds. The Morgan fingerprint density at radius 2 is 0.822 bits per heavy atom. The molecule has 1 N–H and O–H groups in total. The van der Waals surface area contributed by atoms with Crippen molar-refractivity contribution in [2.75, 3.05) is 0 Å². The summed E-state index contributed by atoms with van der Waals surface area (Å²) in [6.45, 7) is 12.9. The Bertz CT molecular complexity index is 1530. The minimum absolute atomic E-state index is 0.0726. The van der Waals surface area contributed by atoms with Gasteiger partial charge in [0.2, 0.25) is 0 Å². The van der Waals surface area contributed by atoms with Crippen LogP contribution in [-0.2, 0) is 21.8 Å². The molecule has 5 rings (SSSR count). The fourth-order valence-corrected chi connectivity index (χ4v) is 5.91. The lowest BCUT2D eigenvalue weighted by atomic mass is 9.78. The van der Waals surface area contributed by atoms with Gasteiger partial charge in [0, 0.05) is 0 Å². The first-order chi connectivity index (χ1) is 21.3. The van der Waals surface area contributed by atoms with Crippen molar-refractivity contribution in [3.8, 4) is 23.0 Å². The van der Waals surface area contributed by atoms with Gasteiger partial charge in [-0.1, -0.05) is 139 Å². The molecule has 45 heavy (non-hydrogen) atoms. The molecule has 0 fully saturated rings. The zero-order chi connectivity index (χ0) is 32.5. The first kappa shape index (κ1) is 33.4. The van der Waals surface area contributed by atoms with Crippen molar-refractivity contribution in [3.05, 3.63) is 156 Å². The third kappa shape index (κ3) is 10.0. The maximum atomic E-state index is 13.1. The Labute approximate surface area is 268 Å². The number of para-hydroxylation sites is 3. The van der Waals surface area contributed by atoms with Gasteiger partial charge in [0.15, 0.2) is 0 Å². The third-order valence-corrected chi connectivity index (χ3v) is 8.22. The molecule has 0 heterocycles. The number of hydrogen-bond donors (Lipinski definition) is 1. The van der Waals surface area contributed by atoms with Gasteiger partial charge in [0.1, 0.15) is 23.0 Å². The van der Waals surface area contributed by atoms with Gasteiger partial charge in [-0.2, -0.15) is 4.57 Å². The highest BCUT2D eigenvalue weighted by atomic mass is 31.2. The van der Waals surface area contributed by atoms with Gasteiger partial charge in [-0.05, 0) is 75.9 Å². The molecule has 0 bridgehead atoms. The quantitative estimate of drug-likeness (QED) is 0.174. The van der Waals surface area contributed by atoms with E-state index in [1.165, 1.54) is 11.1 Å². The predicted molar refractivity (Wildman–Crippen MR) is 184 cm³/mol. The van der Waals surface area contributed by atoms with Crippen LogP contribution < -0.4 is 13.6 Å². The van der Waals surface area contributed by atoms with E-state index in [4.69, 9.17) is 13.6 Å². The molecule has 0 spiro atoms. The molecule has 0 aromatic heterocycles. The number of phenolic OH excluding ortho intramolecular Hbond substituents is 1. The number of rotatable bonds is 8. The molecule has 0 aliphatic rings. The van der Waals surface area contributed by atoms with Crippen molar-refractivity contribution in [2.24, 2.45) is 0 Å². The van der Waals surface area contributed by atoms with Crippen LogP contribution in [0.3, 0.4) is 0 Å². The Balaban J connectivity index is 0.000000205. The largest absolute Gasteiger partial charge is 0.647 e. The highest BCUT2D eigenvalue weighted by molar-refractivity contribution is 7.49. The topological polar surface area (TPSA) is 65.0 Å². The summed E-state index contributed by atoms with van der Waals surface area (Å²) < 4.78 is 29.6. The number of phosphoric ester groups is 1. The van der Waals surface area contributed by atoms with Crippen molar-refractivity contribution >= 4 is 7.82 Å². The summed E-state index contributed by atoms with van der Waals surface area (Å²) in [6, 6.07) is 41.2. The first-order valence-electron chi connectivity index (χ1n) is 15.1. The Hall–Kier alpha value is -4.47. The smallest absolute Gasteiger partial charge is 0.507 e. The first-order valence-corrected chi connectivity index (χ1v) is 16.5. The van der Waals surface area contributed by atoms with Crippen LogP contribution >= 0.6 is 7.82 Å². The van der Waals surface area contributed by atoms with Gasteiger partial charge in [0.05, 0.1) is 0 Å². The second kappa shape index (κ2) is 14.5. The van der Waals surface area contributed by atoms with Crippen LogP contribution in [0, 0.1) is 0 Å². The van der Waals surface area contributed by atoms with E-state index in [0.717, 1.165) is 17.5 Å². The highest BCUT2D eigenvalue weighted by Gasteiger charge is 2.33. The Kier molecular flexibility index (Phi) is 10.8. The molecular formula is C39H43O5P. The summed E-state index contributed by atoms with van der Waals surface area (Å²) >= 11 is 0. The lowest BCUT2D eigenvalue weighted by molar-refractivity contribution is 0.298. The minimum Gasteiger partial charge on any atom is -0.507 e. The fraction of sp³-hybridized carbons (Fsp3) is 0.231. The summed E-state index contributed by atoms with van der Waals surface area (Å²) in [5.74, 6) is 1.67. The van der Waals surface area contributed by atoms with Gasteiger partial charge < -0.3 is 18.7 Å². The number of phosphoric acid groups is 1. The number of phenols is 1. The van der Waals surface area contributed by atoms with Crippen molar-refractivity contribution in [1.29, 1.82) is 0 Å². The van der Waals surface area contributed by atoms with E-state index in [1.807, 2.05) is 24.3 Å². The van der Waals surface area contributed by atoms with Gasteiger partial charge in [-0.3, -0.25) is 0 Å². The molecule has 234 valence electrons. The van der Waals surface area contributed by atoms with Crippen LogP contribution in [0.2, 0.25) is 0 Å². The van der Waals surface area contributed by atoms with Gasteiger partial charge in [0.25, 0.3) is 0 Å². The van der Waals surface area contributed by atoms with E-state index in [1.54, 1.807) is 72.8 Å². The van der Waals surface area contributed by atoms with Gasteiger partial charge >= 0.3 is 7.82 Å². The van der Waals surface area contributed by atoms with E-state index >= 15 is 0 Å². The van der Waals surface area contributed by atoms with Gasteiger partial charge in [-0.15, -0.1) is 0 Å². The van der Waals surface area contributed by atoms with Crippen molar-refractivity contribution in [2.45, 2.75) is 58.8 Å². The second-order valence-electron chi connectivity index (χ2n) is 12.9. The molecule has 0 aliphatic heterocycles. The van der Waals surface area contributed by atoms with Crippen LogP contribution in [0.25, 0.3) is 0 Å². The number of benzene rings is 5. The fourth-order valence-electron chi connectivity index (χ4n) is 4.66. The molecule has 0 unspecified atom stereocenters. The Morgan fingerprint density at radius 3 is 1.13 bits per heavy atom. The highest BCUT2D eigenvalue weighted by Crippen LogP contribution is 2.49. The van der Waals surface area contributed by atoms with E-state index < -0.39 is 7.82 Å². The maximum Gasteiger partial charge on any atom is 0.647 e. The van der Waals surface area contributed by atoms with Crippen LogP contribution in [0.15, 0.2) is 133 Å². The lowest BCUT2D eigenvalue weighted by Crippen LogP contribution is -2.18. The molecule has 0 saturated heterocycles. The second-order valence-corrected chi connectivity index (χ2v) is 14.3. The molecule has 0 atom stereocenters. The summed E-state index contributed by atoms with van der Waals surface area (Å²) in [6.07, 6.45) is 0.896. The average molecular weight is 623 g/mol. The van der Waals surface area contributed by atoms with E-state index in [2.05, 4.69) is 77.9 Å². The summed E-state index contributed by atoms with van der Waals surface area (Å²) in [5.41, 5.74) is 4.48. The average Bonchev–Trinajstić information content (AvgIpc) is 2.99. The van der Waals surface area contributed by atoms with Crippen LogP contribution in [0.4, 0.5) is 0 Å². The Morgan fingerprint density at radius 1 is 0.511 bits per heavy atom. The zero-order valence-electron chi connectivity index (χ0n) is 26.9. The van der Waals surface area contributed by atoms with Crippen molar-refractivity contribution < 1.29 is 23.2 Å². The summed E-state index contributed by atoms with van der Waals surface area (Å²) in [4.78, 5) is 0. The standard InChI is InChI=1S/C21H28O.C18H15O4P/c1-20(2,3)17-13-16(12-15-10-8-7-9-11-15)14-18(19(17)22)21(4,5)6;19-23(20-16-10-4-1-5-11-16,21-17-12-6-2-7-13-17)22-18-14-8-3-9-15-18/h7-11,13-14,22H,12H2,1-6H3;1-15H. The summed E-state index contributed by atoms with van der Waals surface area (Å²) in [5, 5.41) is 10.8. The normalized spacial score (nSPS) is 11.6. The van der Waals surface area contributed by atoms with Crippen LogP contribution in [-0.4, -0.2) is 5.11 Å². The molecular weight excluding hydrogens is 579 g/mol. The minimum atomic E-state index is -3.89. The lowest BCUT2D eigenvalue weighted by Gasteiger charge is -2.28. The number of aromatic hydroxyl groups is 1. The van der Waals surface area contributed by atoms with E-state index in [9.17, 15) is 9.67 Å². The SMILES string of the molecule is CC(C)(C)c1cc(Cc2ccccc2)cc(C(C)(C)C)c1O.O=P(Oc1ccccc1)(Oc1ccccc1)Oc1ccccc1. The molecule has 0 saturated carbocycles. The summed E-state index contributed by atoms with van der Waals surface area (Å²) in [7, 11) is -3.89. The van der Waals surface area contributed by atoms with E-state index in [0.29, 0.717) is 23.0 Å². The van der Waals surface area contributed by atoms with E-state index in [-0.39, 0.29) is 10.8 Å². The monoisotopic (exact) mass is 622 g/mol. The molecule has 0 aliphatic carbocycles. The predicted octanol–water partition coefficient (Wildman–Crippen LogP) is 10.9.